The van der Waals surface area contributed by atoms with E-state index in [-0.39, 0.29) is 0 Å². The zero-order valence-corrected chi connectivity index (χ0v) is 12.6. The molecule has 0 radical (unpaired) electrons. The quantitative estimate of drug-likeness (QED) is 0.835. The van der Waals surface area contributed by atoms with Gasteiger partial charge in [-0.05, 0) is 37.0 Å². The molecule has 5 heteroatoms. The number of nitrogens with one attached hydrogen (secondary N) is 1. The summed E-state index contributed by atoms with van der Waals surface area (Å²) in [6, 6.07) is 11.8. The van der Waals surface area contributed by atoms with E-state index in [1.165, 1.54) is 0 Å². The number of benzene rings is 1. The van der Waals surface area contributed by atoms with Crippen LogP contribution in [0.25, 0.3) is 0 Å². The Bertz CT molecular complexity index is 551. The van der Waals surface area contributed by atoms with Gasteiger partial charge in [0.1, 0.15) is 0 Å². The van der Waals surface area contributed by atoms with Crippen LogP contribution < -0.4 is 5.32 Å². The van der Waals surface area contributed by atoms with Crippen molar-refractivity contribution in [1.82, 2.24) is 5.32 Å². The molecule has 1 aliphatic heterocycles. The van der Waals surface area contributed by atoms with Gasteiger partial charge < -0.3 is 15.2 Å². The molecule has 1 saturated heterocycles. The van der Waals surface area contributed by atoms with Gasteiger partial charge >= 0.3 is 0 Å². The van der Waals surface area contributed by atoms with Crippen molar-refractivity contribution < 1.29 is 9.84 Å². The maximum absolute atomic E-state index is 10.2. The largest absolute Gasteiger partial charge is 0.392 e. The highest BCUT2D eigenvalue weighted by Gasteiger charge is 2.34. The van der Waals surface area contributed by atoms with Gasteiger partial charge in [-0.25, -0.2) is 0 Å². The summed E-state index contributed by atoms with van der Waals surface area (Å²) < 4.78 is 5.29. The van der Waals surface area contributed by atoms with Gasteiger partial charge in [0.15, 0.2) is 0 Å². The Morgan fingerprint density at radius 3 is 2.50 bits per heavy atom. The van der Waals surface area contributed by atoms with Gasteiger partial charge in [-0.2, -0.15) is 10.5 Å². The molecule has 1 aliphatic rings. The molecule has 0 amide bonds. The summed E-state index contributed by atoms with van der Waals surface area (Å²) in [6.45, 7) is 2.27. The summed E-state index contributed by atoms with van der Waals surface area (Å²) in [5.74, 6) is 0. The van der Waals surface area contributed by atoms with Crippen LogP contribution >= 0.6 is 0 Å². The Morgan fingerprint density at radius 1 is 1.23 bits per heavy atom. The Hall–Kier alpha value is -1.92. The summed E-state index contributed by atoms with van der Waals surface area (Å²) in [7, 11) is 0. The smallest absolute Gasteiger partial charge is 0.0991 e. The van der Waals surface area contributed by atoms with Crippen LogP contribution in [0.5, 0.6) is 0 Å². The molecule has 5 nitrogen and oxygen atoms in total. The van der Waals surface area contributed by atoms with Crippen molar-refractivity contribution in [2.75, 3.05) is 19.8 Å². The molecular weight excluding hydrogens is 278 g/mol. The van der Waals surface area contributed by atoms with Crippen molar-refractivity contribution in [2.45, 2.75) is 31.9 Å². The molecule has 0 spiro atoms. The van der Waals surface area contributed by atoms with Crippen LogP contribution in [0, 0.1) is 28.1 Å². The number of hydrogen-bond donors (Lipinski definition) is 2. The molecule has 0 bridgehead atoms. The highest BCUT2D eigenvalue weighted by Crippen LogP contribution is 2.34. The fourth-order valence-corrected chi connectivity index (χ4v) is 2.73. The van der Waals surface area contributed by atoms with Crippen LogP contribution in [-0.2, 0) is 11.3 Å². The van der Waals surface area contributed by atoms with Crippen molar-refractivity contribution in [2.24, 2.45) is 5.41 Å². The normalized spacial score (nSPS) is 18.1. The highest BCUT2D eigenvalue weighted by molar-refractivity contribution is 5.31. The van der Waals surface area contributed by atoms with Crippen molar-refractivity contribution >= 4 is 0 Å². The van der Waals surface area contributed by atoms with Crippen LogP contribution in [0.1, 0.15) is 30.4 Å². The second kappa shape index (κ2) is 7.91. The van der Waals surface area contributed by atoms with Crippen LogP contribution in [0.2, 0.25) is 0 Å². The van der Waals surface area contributed by atoms with Crippen molar-refractivity contribution in [3.8, 4) is 12.1 Å². The molecule has 1 fully saturated rings. The molecule has 1 heterocycles. The van der Waals surface area contributed by atoms with E-state index < -0.39 is 11.5 Å². The van der Waals surface area contributed by atoms with Crippen LogP contribution in [0.3, 0.4) is 0 Å². The van der Waals surface area contributed by atoms with E-state index in [2.05, 4.69) is 17.5 Å². The Morgan fingerprint density at radius 2 is 1.91 bits per heavy atom. The number of aliphatic hydroxyl groups is 1. The number of hydrogen-bond acceptors (Lipinski definition) is 5. The van der Waals surface area contributed by atoms with Crippen molar-refractivity contribution in [3.63, 3.8) is 0 Å². The molecule has 22 heavy (non-hydrogen) atoms. The maximum atomic E-state index is 10.2. The minimum absolute atomic E-state index is 0.449. The van der Waals surface area contributed by atoms with Gasteiger partial charge in [0.25, 0.3) is 0 Å². The predicted octanol–water partition coefficient (Wildman–Crippen LogP) is 1.72. The molecule has 0 saturated carbocycles. The van der Waals surface area contributed by atoms with Gasteiger partial charge in [0.2, 0.25) is 0 Å². The summed E-state index contributed by atoms with van der Waals surface area (Å²) in [5.41, 5.74) is 1.25. The zero-order valence-electron chi connectivity index (χ0n) is 12.6. The van der Waals surface area contributed by atoms with Gasteiger partial charge in [-0.3, -0.25) is 0 Å². The second-order valence-corrected chi connectivity index (χ2v) is 5.80. The lowest BCUT2D eigenvalue weighted by molar-refractivity contribution is 0.0143. The number of ether oxygens (including phenoxy) is 1. The topological polar surface area (TPSA) is 89.1 Å². The number of nitriles is 2. The highest BCUT2D eigenvalue weighted by atomic mass is 16.5. The molecule has 116 valence electrons. The number of nitrogens with zero attached hydrogens (tertiary/aromatic N) is 2. The Labute approximate surface area is 131 Å². The molecular formula is C17H21N3O2. The van der Waals surface area contributed by atoms with Gasteiger partial charge in [0.05, 0.1) is 29.2 Å². The lowest BCUT2D eigenvalue weighted by Crippen LogP contribution is -2.36. The first-order chi connectivity index (χ1) is 10.7. The van der Waals surface area contributed by atoms with Gasteiger partial charge in [0, 0.05) is 26.3 Å². The van der Waals surface area contributed by atoms with E-state index in [0.717, 1.165) is 5.56 Å². The first-order valence-corrected chi connectivity index (χ1v) is 7.54. The third-order valence-electron chi connectivity index (χ3n) is 4.11. The van der Waals surface area contributed by atoms with E-state index in [1.807, 2.05) is 12.1 Å². The molecule has 2 N–H and O–H groups in total. The minimum atomic E-state index is -0.545. The predicted molar refractivity (Wildman–Crippen MR) is 81.6 cm³/mol. The average Bonchev–Trinajstić information content (AvgIpc) is 2.56. The fraction of sp³-hybridized carbons (Fsp3) is 0.529. The SMILES string of the molecule is N#Cc1ccc(CNCC(O)CC2(C#N)CCOCC2)cc1. The summed E-state index contributed by atoms with van der Waals surface area (Å²) >= 11 is 0. The van der Waals surface area contributed by atoms with Crippen LogP contribution in [0.15, 0.2) is 24.3 Å². The minimum Gasteiger partial charge on any atom is -0.392 e. The third-order valence-corrected chi connectivity index (χ3v) is 4.11. The summed E-state index contributed by atoms with van der Waals surface area (Å²) in [4.78, 5) is 0. The van der Waals surface area contributed by atoms with E-state index in [9.17, 15) is 10.4 Å². The molecule has 2 rings (SSSR count). The van der Waals surface area contributed by atoms with Gasteiger partial charge in [-0.1, -0.05) is 12.1 Å². The molecule has 1 atom stereocenters. The van der Waals surface area contributed by atoms with E-state index in [4.69, 9.17) is 10.00 Å². The molecule has 1 aromatic rings. The monoisotopic (exact) mass is 299 g/mol. The molecule has 1 unspecified atom stereocenters. The lowest BCUT2D eigenvalue weighted by atomic mass is 9.77. The Kier molecular flexibility index (Phi) is 5.91. The lowest BCUT2D eigenvalue weighted by Gasteiger charge is -2.32. The fourth-order valence-electron chi connectivity index (χ4n) is 2.73. The summed E-state index contributed by atoms with van der Waals surface area (Å²) in [6.07, 6.45) is 1.32. The van der Waals surface area contributed by atoms with E-state index >= 15 is 0 Å². The molecule has 1 aromatic carbocycles. The van der Waals surface area contributed by atoms with Gasteiger partial charge in [-0.15, -0.1) is 0 Å². The number of aliphatic hydroxyl groups excluding tert-OH is 1. The Balaban J connectivity index is 1.76. The van der Waals surface area contributed by atoms with Crippen molar-refractivity contribution in [1.29, 1.82) is 10.5 Å². The number of rotatable bonds is 6. The molecule has 0 aliphatic carbocycles. The first-order valence-electron chi connectivity index (χ1n) is 7.54. The average molecular weight is 299 g/mol. The van der Waals surface area contributed by atoms with Crippen molar-refractivity contribution in [3.05, 3.63) is 35.4 Å². The standard InChI is InChI=1S/C17H21N3O2/c18-10-14-1-3-15(4-2-14)11-20-12-16(21)9-17(13-19)5-7-22-8-6-17/h1-4,16,20-21H,5-9,11-12H2. The molecule has 0 aromatic heterocycles. The van der Waals surface area contributed by atoms with Crippen LogP contribution in [0.4, 0.5) is 0 Å². The summed E-state index contributed by atoms with van der Waals surface area (Å²) in [5, 5.41) is 31.5. The third kappa shape index (κ3) is 4.54. The first kappa shape index (κ1) is 16.5. The van der Waals surface area contributed by atoms with E-state index in [0.29, 0.717) is 51.1 Å². The van der Waals surface area contributed by atoms with Crippen LogP contribution in [-0.4, -0.2) is 31.0 Å². The van der Waals surface area contributed by atoms with E-state index in [1.54, 1.807) is 12.1 Å². The zero-order chi connectivity index (χ0) is 15.8. The second-order valence-electron chi connectivity index (χ2n) is 5.80. The maximum Gasteiger partial charge on any atom is 0.0991 e.